The van der Waals surface area contributed by atoms with Crippen LogP contribution in [0.15, 0.2) is 81.4 Å². The summed E-state index contributed by atoms with van der Waals surface area (Å²) in [7, 11) is -2.70. The minimum Gasteiger partial charge on any atom is -0.497 e. The molecule has 2 aromatic carbocycles. The highest BCUT2D eigenvalue weighted by molar-refractivity contribution is 7.91. The zero-order chi connectivity index (χ0) is 25.2. The van der Waals surface area contributed by atoms with Gasteiger partial charge in [-0.2, -0.15) is 0 Å². The predicted octanol–water partition coefficient (Wildman–Crippen LogP) is 3.75. The molecule has 0 atom stereocenters. The van der Waals surface area contributed by atoms with Crippen molar-refractivity contribution in [3.05, 3.63) is 88.3 Å². The number of benzene rings is 2. The molecule has 0 saturated heterocycles. The number of para-hydroxylation sites is 1. The fourth-order valence-electron chi connectivity index (χ4n) is 3.82. The average Bonchev–Trinajstić information content (AvgIpc) is 2.85. The monoisotopic (exact) mass is 491 g/mol. The zero-order valence-electron chi connectivity index (χ0n) is 19.6. The molecular weight excluding hydrogens is 466 g/mol. The average molecular weight is 492 g/mol. The molecule has 0 bridgehead atoms. The van der Waals surface area contributed by atoms with E-state index in [1.807, 2.05) is 31.2 Å². The quantitative estimate of drug-likeness (QED) is 0.422. The van der Waals surface area contributed by atoms with E-state index in [2.05, 4.69) is 10.3 Å². The number of methoxy groups -OCH3 is 1. The summed E-state index contributed by atoms with van der Waals surface area (Å²) in [6.07, 6.45) is 1.93. The van der Waals surface area contributed by atoms with E-state index in [0.717, 1.165) is 12.0 Å². The molecule has 2 heterocycles. The summed E-state index contributed by atoms with van der Waals surface area (Å²) < 4.78 is 33.3. The molecule has 0 aliphatic carbocycles. The number of aromatic nitrogens is 2. The number of hydrogen-bond acceptors (Lipinski definition) is 6. The van der Waals surface area contributed by atoms with Gasteiger partial charge in [-0.25, -0.2) is 13.4 Å². The van der Waals surface area contributed by atoms with Gasteiger partial charge in [-0.3, -0.25) is 9.59 Å². The number of pyridine rings is 2. The Morgan fingerprint density at radius 1 is 1.06 bits per heavy atom. The number of amides is 1. The lowest BCUT2D eigenvalue weighted by Gasteiger charge is -2.15. The molecule has 35 heavy (non-hydrogen) atoms. The maximum absolute atomic E-state index is 13.4. The number of hydrogen-bond donors (Lipinski definition) is 1. The maximum atomic E-state index is 13.4. The lowest BCUT2D eigenvalue weighted by atomic mass is 10.1. The van der Waals surface area contributed by atoms with Gasteiger partial charge in [0, 0.05) is 17.6 Å². The second-order valence-corrected chi connectivity index (χ2v) is 9.93. The van der Waals surface area contributed by atoms with Gasteiger partial charge < -0.3 is 14.6 Å². The molecule has 0 radical (unpaired) electrons. The fraction of sp³-hybridized carbons (Fsp3) is 0.192. The van der Waals surface area contributed by atoms with Crippen molar-refractivity contribution in [3.63, 3.8) is 0 Å². The van der Waals surface area contributed by atoms with E-state index in [1.54, 1.807) is 13.0 Å². The van der Waals surface area contributed by atoms with Crippen LogP contribution in [0.3, 0.4) is 0 Å². The second-order valence-electron chi connectivity index (χ2n) is 8.01. The van der Waals surface area contributed by atoms with Crippen molar-refractivity contribution in [2.24, 2.45) is 0 Å². The number of nitrogens with one attached hydrogen (secondary N) is 1. The number of ether oxygens (including phenoxy) is 1. The van der Waals surface area contributed by atoms with Gasteiger partial charge in [0.25, 0.3) is 0 Å². The van der Waals surface area contributed by atoms with Crippen LogP contribution in [0.25, 0.3) is 11.0 Å². The first kappa shape index (κ1) is 24.2. The smallest absolute Gasteiger partial charge is 0.244 e. The highest BCUT2D eigenvalue weighted by atomic mass is 32.2. The lowest BCUT2D eigenvalue weighted by Crippen LogP contribution is -2.24. The molecule has 2 aromatic heterocycles. The number of anilines is 1. The SMILES string of the molecule is CCc1ccccc1NC(=O)Cn1cc(S(=O)(=O)c2ccc(OC)cc2)c(=O)c2ccc(C)nc21. The number of carbonyl (C=O) groups excluding carboxylic acids is 1. The number of sulfone groups is 1. The van der Waals surface area contributed by atoms with E-state index in [0.29, 0.717) is 17.1 Å². The minimum absolute atomic E-state index is 0.0531. The van der Waals surface area contributed by atoms with Crippen molar-refractivity contribution in [1.82, 2.24) is 9.55 Å². The first-order valence-corrected chi connectivity index (χ1v) is 12.5. The molecule has 9 heteroatoms. The largest absolute Gasteiger partial charge is 0.497 e. The molecule has 4 aromatic rings. The van der Waals surface area contributed by atoms with Crippen LogP contribution in [0.2, 0.25) is 0 Å². The Bertz CT molecular complexity index is 1580. The number of nitrogens with zero attached hydrogens (tertiary/aromatic N) is 2. The van der Waals surface area contributed by atoms with Crippen molar-refractivity contribution in [3.8, 4) is 5.75 Å². The van der Waals surface area contributed by atoms with Crippen molar-refractivity contribution in [2.75, 3.05) is 12.4 Å². The summed E-state index contributed by atoms with van der Waals surface area (Å²) in [5.41, 5.74) is 1.86. The number of rotatable bonds is 7. The van der Waals surface area contributed by atoms with Crippen LogP contribution >= 0.6 is 0 Å². The molecule has 8 nitrogen and oxygen atoms in total. The minimum atomic E-state index is -4.17. The summed E-state index contributed by atoms with van der Waals surface area (Å²) in [5, 5.41) is 2.99. The highest BCUT2D eigenvalue weighted by Gasteiger charge is 2.25. The Morgan fingerprint density at radius 3 is 2.46 bits per heavy atom. The number of carbonyl (C=O) groups is 1. The van der Waals surface area contributed by atoms with Crippen molar-refractivity contribution >= 4 is 32.5 Å². The first-order chi connectivity index (χ1) is 16.7. The first-order valence-electron chi connectivity index (χ1n) is 11.0. The van der Waals surface area contributed by atoms with Gasteiger partial charge in [-0.05, 0) is 61.4 Å². The van der Waals surface area contributed by atoms with Gasteiger partial charge in [-0.1, -0.05) is 25.1 Å². The standard InChI is InChI=1S/C26H25N3O5S/c1-4-18-7-5-6-8-22(18)28-24(30)16-29-15-23(25(31)21-14-9-17(2)27-26(21)29)35(32,33)20-12-10-19(34-3)11-13-20/h5-15H,4,16H2,1-3H3,(H,28,30). The molecule has 4 rings (SSSR count). The molecular formula is C26H25N3O5S. The topological polar surface area (TPSA) is 107 Å². The van der Waals surface area contributed by atoms with Crippen LogP contribution in [-0.2, 0) is 27.6 Å². The normalized spacial score (nSPS) is 11.4. The van der Waals surface area contributed by atoms with Crippen LogP contribution < -0.4 is 15.5 Å². The van der Waals surface area contributed by atoms with Gasteiger partial charge in [0.05, 0.1) is 17.4 Å². The van der Waals surface area contributed by atoms with Gasteiger partial charge >= 0.3 is 0 Å². The van der Waals surface area contributed by atoms with Gasteiger partial charge in [-0.15, -0.1) is 0 Å². The van der Waals surface area contributed by atoms with Crippen LogP contribution in [0.4, 0.5) is 5.69 Å². The third kappa shape index (κ3) is 4.81. The molecule has 180 valence electrons. The van der Waals surface area contributed by atoms with Crippen LogP contribution in [0.1, 0.15) is 18.2 Å². The Labute approximate surface area is 203 Å². The van der Waals surface area contributed by atoms with Crippen LogP contribution in [-0.4, -0.2) is 31.0 Å². The van der Waals surface area contributed by atoms with Crippen LogP contribution in [0, 0.1) is 6.92 Å². The third-order valence-electron chi connectivity index (χ3n) is 5.67. The van der Waals surface area contributed by atoms with E-state index < -0.39 is 20.2 Å². The zero-order valence-corrected chi connectivity index (χ0v) is 20.4. The number of aryl methyl sites for hydroxylation is 2. The lowest BCUT2D eigenvalue weighted by molar-refractivity contribution is -0.116. The number of fused-ring (bicyclic) bond motifs is 1. The maximum Gasteiger partial charge on any atom is 0.244 e. The molecule has 0 aliphatic rings. The summed E-state index contributed by atoms with van der Waals surface area (Å²) in [4.78, 5) is 30.1. The Morgan fingerprint density at radius 2 is 1.77 bits per heavy atom. The Hall–Kier alpha value is -3.98. The van der Waals surface area contributed by atoms with E-state index in [-0.39, 0.29) is 28.4 Å². The van der Waals surface area contributed by atoms with Crippen molar-refractivity contribution < 1.29 is 17.9 Å². The van der Waals surface area contributed by atoms with E-state index >= 15 is 0 Å². The second kappa shape index (κ2) is 9.71. The predicted molar refractivity (Wildman–Crippen MR) is 134 cm³/mol. The summed E-state index contributed by atoms with van der Waals surface area (Å²) in [6, 6.07) is 16.4. The van der Waals surface area contributed by atoms with Crippen molar-refractivity contribution in [1.29, 1.82) is 0 Å². The molecule has 0 spiro atoms. The van der Waals surface area contributed by atoms with Gasteiger partial charge in [0.2, 0.25) is 21.2 Å². The van der Waals surface area contributed by atoms with E-state index in [9.17, 15) is 18.0 Å². The third-order valence-corrected chi connectivity index (χ3v) is 7.44. The highest BCUT2D eigenvalue weighted by Crippen LogP contribution is 2.23. The van der Waals surface area contributed by atoms with Crippen molar-refractivity contribution in [2.45, 2.75) is 36.6 Å². The van der Waals surface area contributed by atoms with Gasteiger partial charge in [0.15, 0.2) is 0 Å². The summed E-state index contributed by atoms with van der Waals surface area (Å²) >= 11 is 0. The van der Waals surface area contributed by atoms with Crippen LogP contribution in [0.5, 0.6) is 5.75 Å². The molecule has 0 aliphatic heterocycles. The Kier molecular flexibility index (Phi) is 6.70. The molecule has 0 unspecified atom stereocenters. The molecule has 1 amide bonds. The molecule has 0 saturated carbocycles. The summed E-state index contributed by atoms with van der Waals surface area (Å²) in [6.45, 7) is 3.52. The molecule has 0 fully saturated rings. The molecule has 1 N–H and O–H groups in total. The fourth-order valence-corrected chi connectivity index (χ4v) is 5.19. The van der Waals surface area contributed by atoms with E-state index in [4.69, 9.17) is 4.74 Å². The van der Waals surface area contributed by atoms with Gasteiger partial charge in [0.1, 0.15) is 22.8 Å². The summed E-state index contributed by atoms with van der Waals surface area (Å²) in [5.74, 6) is 0.121. The van der Waals surface area contributed by atoms with E-state index in [1.165, 1.54) is 48.2 Å². The Balaban J connectivity index is 1.81.